The average molecular weight is 740 g/mol. The van der Waals surface area contributed by atoms with E-state index >= 15 is 0 Å². The number of rotatable bonds is 11. The Labute approximate surface area is 214 Å². The quantitative estimate of drug-likeness (QED) is 0.0749. The Morgan fingerprint density at radius 3 is 0.923 bits per heavy atom. The van der Waals surface area contributed by atoms with Crippen molar-refractivity contribution < 1.29 is 119 Å². The topological polar surface area (TPSA) is 449 Å². The van der Waals surface area contributed by atoms with Crippen LogP contribution in [0.2, 0.25) is 0 Å². The zero-order chi connectivity index (χ0) is 31.9. The van der Waals surface area contributed by atoms with Crippen molar-refractivity contribution in [3.05, 3.63) is 0 Å². The maximum atomic E-state index is 13.1. The van der Waals surface area contributed by atoms with Gasteiger partial charge >= 0.3 is 65.8 Å². The number of hydrogen-bond donors (Lipinski definition) is 15. The van der Waals surface area contributed by atoms with Gasteiger partial charge in [-0.05, 0) is 0 Å². The predicted octanol–water partition coefficient (Wildman–Crippen LogP) is -2.84. The summed E-state index contributed by atoms with van der Waals surface area (Å²) >= 11 is 0. The molecule has 0 spiro atoms. The largest absolute Gasteiger partial charge is 0.401 e. The zero-order valence-corrected chi connectivity index (χ0v) is 25.2. The van der Waals surface area contributed by atoms with Gasteiger partial charge in [-0.25, -0.2) is 4.48 Å². The third-order valence-corrected chi connectivity index (χ3v) is 21.6. The van der Waals surface area contributed by atoms with Crippen LogP contribution in [0, 0.1) is 0 Å². The normalized spacial score (nSPS) is 25.2. The standard InChI is InChI=1S/C6H21NO24P8/c8-32(9,10)3(33(11,12)13)7(4(34(14,15)16)35(17,18)19,5(36(20,21)22)37(23,24)25)6(38(26,27)28)1-2-31-39(6,29)30/h3-5H,1-2H2,(H14-,8,9,10,11,12,13,14,15,16,17,18,19,20,21,22,23,24,25,26,27,28,29,30)/p+1. The van der Waals surface area contributed by atoms with Crippen molar-refractivity contribution in [1.29, 1.82) is 0 Å². The Bertz CT molecular complexity index is 1180. The molecule has 15 N–H and O–H groups in total. The van der Waals surface area contributed by atoms with Gasteiger partial charge in [0, 0.05) is 0 Å². The van der Waals surface area contributed by atoms with Crippen LogP contribution in [0.4, 0.5) is 0 Å². The molecular formula is C6H22NO24P8+. The van der Waals surface area contributed by atoms with Gasteiger partial charge in [0.15, 0.2) is 0 Å². The van der Waals surface area contributed by atoms with E-state index in [4.69, 9.17) is 0 Å². The predicted molar refractivity (Wildman–Crippen MR) is 119 cm³/mol. The van der Waals surface area contributed by atoms with E-state index in [2.05, 4.69) is 4.52 Å². The molecule has 0 bridgehead atoms. The summed E-state index contributed by atoms with van der Waals surface area (Å²) in [6.45, 7) is -1.70. The number of hydrogen-bond acceptors (Lipinski definition) is 9. The van der Waals surface area contributed by atoms with Crippen LogP contribution in [0.25, 0.3) is 0 Å². The van der Waals surface area contributed by atoms with Crippen molar-refractivity contribution in [3.8, 4) is 0 Å². The van der Waals surface area contributed by atoms with Gasteiger partial charge in [0.2, 0.25) is 0 Å². The lowest BCUT2D eigenvalue weighted by Crippen LogP contribution is -2.74. The van der Waals surface area contributed by atoms with Gasteiger partial charge in [-0.1, -0.05) is 0 Å². The molecule has 0 aromatic heterocycles. The second kappa shape index (κ2) is 10.7. The molecule has 25 nitrogen and oxygen atoms in total. The first-order chi connectivity index (χ1) is 16.6. The SMILES string of the molecule is O=P(O)(O)C([N+](C(P(=O)(O)O)P(=O)(O)O)(C(P(=O)(O)O)P(=O)(O)O)C1(P(=O)(O)O)CCOP1(=O)O)P(=O)(O)O. The van der Waals surface area contributed by atoms with Crippen molar-refractivity contribution in [2.24, 2.45) is 0 Å². The van der Waals surface area contributed by atoms with Crippen LogP contribution in [-0.2, 0) is 41.0 Å². The summed E-state index contributed by atoms with van der Waals surface area (Å²) in [5, 5.41) is -5.31. The summed E-state index contributed by atoms with van der Waals surface area (Å²) in [4.78, 5) is 149. The Balaban J connectivity index is 5.33. The second-order valence-corrected chi connectivity index (χ2v) is 23.3. The second-order valence-electron chi connectivity index (χ2n) is 7.83. The molecule has 0 saturated carbocycles. The van der Waals surface area contributed by atoms with Crippen LogP contribution >= 0.6 is 60.8 Å². The Kier molecular flexibility index (Phi) is 10.4. The lowest BCUT2D eigenvalue weighted by atomic mass is 10.3. The van der Waals surface area contributed by atoms with E-state index in [1.807, 2.05) is 0 Å². The molecule has 1 saturated heterocycles. The van der Waals surface area contributed by atoms with Gasteiger partial charge in [-0.3, -0.25) is 36.5 Å². The van der Waals surface area contributed by atoms with Crippen molar-refractivity contribution in [1.82, 2.24) is 0 Å². The van der Waals surface area contributed by atoms with Gasteiger partial charge < -0.3 is 77.9 Å². The fraction of sp³-hybridized carbons (Fsp3) is 1.00. The first kappa shape index (κ1) is 38.2. The maximum absolute atomic E-state index is 13.1. The molecule has 1 rings (SSSR count). The molecule has 0 aromatic rings. The highest BCUT2D eigenvalue weighted by Crippen LogP contribution is 2.90. The van der Waals surface area contributed by atoms with Crippen LogP contribution in [0.5, 0.6) is 0 Å². The minimum Gasteiger partial charge on any atom is -0.320 e. The molecule has 2 unspecified atom stereocenters. The van der Waals surface area contributed by atoms with Crippen molar-refractivity contribution in [2.75, 3.05) is 6.61 Å². The third kappa shape index (κ3) is 6.65. The van der Waals surface area contributed by atoms with Crippen molar-refractivity contribution >= 4 is 60.8 Å². The molecule has 0 amide bonds. The van der Waals surface area contributed by atoms with Crippen LogP contribution in [0.15, 0.2) is 0 Å². The molecular weight excluding hydrogens is 718 g/mol. The van der Waals surface area contributed by atoms with Gasteiger partial charge in [0.25, 0.3) is 16.6 Å². The monoisotopic (exact) mass is 740 g/mol. The fourth-order valence-corrected chi connectivity index (χ4v) is 21.7. The average Bonchev–Trinajstić information content (AvgIpc) is 2.81. The van der Waals surface area contributed by atoms with Gasteiger partial charge in [0.05, 0.1) is 13.0 Å². The molecule has 234 valence electrons. The molecule has 0 radical (unpaired) electrons. The van der Waals surface area contributed by atoms with Crippen LogP contribution in [0.3, 0.4) is 0 Å². The van der Waals surface area contributed by atoms with E-state index in [1.54, 1.807) is 0 Å². The molecule has 1 fully saturated rings. The molecule has 0 aliphatic carbocycles. The highest BCUT2D eigenvalue weighted by atomic mass is 31.3. The Morgan fingerprint density at radius 2 is 0.795 bits per heavy atom. The van der Waals surface area contributed by atoms with E-state index < -0.39 is 99.9 Å². The Hall–Kier alpha value is 1.16. The van der Waals surface area contributed by atoms with Crippen LogP contribution in [0.1, 0.15) is 6.42 Å². The minimum absolute atomic E-state index is 1.70. The highest BCUT2D eigenvalue weighted by molar-refractivity contribution is 7.75. The van der Waals surface area contributed by atoms with E-state index in [0.717, 1.165) is 0 Å². The molecule has 1 aliphatic heterocycles. The summed E-state index contributed by atoms with van der Waals surface area (Å²) < 4.78 is 100. The summed E-state index contributed by atoms with van der Waals surface area (Å²) in [6.07, 6.45) is -2.26. The van der Waals surface area contributed by atoms with Crippen molar-refractivity contribution in [2.45, 2.75) is 28.0 Å². The molecule has 0 aromatic carbocycles. The summed E-state index contributed by atoms with van der Waals surface area (Å²) in [6, 6.07) is 0. The summed E-state index contributed by atoms with van der Waals surface area (Å²) in [5.74, 6) is 0. The summed E-state index contributed by atoms with van der Waals surface area (Å²) in [7, 11) is -58.9. The van der Waals surface area contributed by atoms with Gasteiger partial charge in [-0.15, -0.1) is 0 Å². The fourth-order valence-electron chi connectivity index (χ4n) is 4.49. The number of nitrogens with zero attached hydrogens (tertiary/aromatic N) is 1. The first-order valence-corrected chi connectivity index (χ1v) is 22.1. The molecule has 39 heavy (non-hydrogen) atoms. The van der Waals surface area contributed by atoms with E-state index in [0.29, 0.717) is 0 Å². The van der Waals surface area contributed by atoms with Crippen LogP contribution < -0.4 is 0 Å². The smallest absolute Gasteiger partial charge is 0.320 e. The molecule has 1 aliphatic rings. The highest BCUT2D eigenvalue weighted by Gasteiger charge is 2.92. The number of quaternary nitrogens is 1. The van der Waals surface area contributed by atoms with Gasteiger partial charge in [0.1, 0.15) is 0 Å². The molecule has 33 heteroatoms. The Morgan fingerprint density at radius 1 is 0.564 bits per heavy atom. The van der Waals surface area contributed by atoms with Gasteiger partial charge in [-0.2, -0.15) is 0 Å². The van der Waals surface area contributed by atoms with Crippen LogP contribution in [-0.4, -0.2) is 106 Å². The lowest BCUT2D eigenvalue weighted by Gasteiger charge is -2.58. The summed E-state index contributed by atoms with van der Waals surface area (Å²) in [5.41, 5.74) is -15.3. The molecule has 1 heterocycles. The van der Waals surface area contributed by atoms with Crippen molar-refractivity contribution in [3.63, 3.8) is 0 Å². The first-order valence-electron chi connectivity index (χ1n) is 8.78. The molecule has 2 atom stereocenters. The lowest BCUT2D eigenvalue weighted by molar-refractivity contribution is -0.953. The van der Waals surface area contributed by atoms with E-state index in [9.17, 15) is 110 Å². The zero-order valence-electron chi connectivity index (χ0n) is 18.1. The van der Waals surface area contributed by atoms with E-state index in [-0.39, 0.29) is 0 Å². The third-order valence-electron chi connectivity index (χ3n) is 5.19. The minimum atomic E-state index is -7.42. The van der Waals surface area contributed by atoms with E-state index in [1.165, 1.54) is 0 Å². The maximum Gasteiger partial charge on any atom is 0.401 e.